The third kappa shape index (κ3) is 2.03. The molecule has 1 aliphatic rings. The highest BCUT2D eigenvalue weighted by atomic mass is 16.4. The lowest BCUT2D eigenvalue weighted by molar-refractivity contribution is -0.143. The first-order valence-electron chi connectivity index (χ1n) is 3.92. The zero-order valence-corrected chi connectivity index (χ0v) is 6.32. The van der Waals surface area contributed by atoms with E-state index in [9.17, 15) is 9.59 Å². The lowest BCUT2D eigenvalue weighted by Crippen LogP contribution is -2.21. The fourth-order valence-electron chi connectivity index (χ4n) is 1.50. The van der Waals surface area contributed by atoms with Crippen LogP contribution in [0.15, 0.2) is 0 Å². The van der Waals surface area contributed by atoms with E-state index in [0.29, 0.717) is 12.8 Å². The van der Waals surface area contributed by atoms with Crippen LogP contribution in [0.3, 0.4) is 0 Å². The number of hydrogen-bond donors (Lipinski definition) is 1. The van der Waals surface area contributed by atoms with Crippen molar-refractivity contribution in [1.29, 1.82) is 0 Å². The van der Waals surface area contributed by atoms with Crippen LogP contribution < -0.4 is 0 Å². The van der Waals surface area contributed by atoms with Gasteiger partial charge in [0.05, 0.1) is 5.92 Å². The Labute approximate surface area is 65.4 Å². The molecule has 0 bridgehead atoms. The summed E-state index contributed by atoms with van der Waals surface area (Å²) >= 11 is 0. The minimum Gasteiger partial charge on any atom is -0.481 e. The molecular formula is C8H12O3. The number of carbonyl (C=O) groups is 2. The summed E-state index contributed by atoms with van der Waals surface area (Å²) in [5, 5.41) is 8.61. The fraction of sp³-hybridized carbons (Fsp3) is 0.750. The van der Waals surface area contributed by atoms with Gasteiger partial charge in [-0.3, -0.25) is 4.79 Å². The van der Waals surface area contributed by atoms with Gasteiger partial charge in [-0.15, -0.1) is 0 Å². The summed E-state index contributed by atoms with van der Waals surface area (Å²) in [6, 6.07) is 0. The van der Waals surface area contributed by atoms with Crippen LogP contribution in [0.2, 0.25) is 0 Å². The molecule has 1 fully saturated rings. The van der Waals surface area contributed by atoms with Crippen LogP contribution in [0.4, 0.5) is 0 Å². The molecule has 1 rings (SSSR count). The van der Waals surface area contributed by atoms with E-state index in [4.69, 9.17) is 5.11 Å². The smallest absolute Gasteiger partial charge is 0.306 e. The second-order valence-electron chi connectivity index (χ2n) is 3.09. The second kappa shape index (κ2) is 3.51. The Balaban J connectivity index is 2.35. The molecule has 0 atom stereocenters. The molecule has 1 aliphatic carbocycles. The van der Waals surface area contributed by atoms with Gasteiger partial charge in [-0.2, -0.15) is 0 Å². The van der Waals surface area contributed by atoms with Gasteiger partial charge in [0, 0.05) is 5.92 Å². The highest BCUT2D eigenvalue weighted by molar-refractivity contribution is 5.70. The number of hydrogen-bond acceptors (Lipinski definition) is 2. The molecule has 3 nitrogen and oxygen atoms in total. The van der Waals surface area contributed by atoms with Gasteiger partial charge in [0.2, 0.25) is 0 Å². The van der Waals surface area contributed by atoms with E-state index in [2.05, 4.69) is 0 Å². The summed E-state index contributed by atoms with van der Waals surface area (Å²) in [4.78, 5) is 20.8. The van der Waals surface area contributed by atoms with Gasteiger partial charge >= 0.3 is 5.97 Å². The van der Waals surface area contributed by atoms with Gasteiger partial charge in [0.1, 0.15) is 6.29 Å². The molecule has 11 heavy (non-hydrogen) atoms. The van der Waals surface area contributed by atoms with Gasteiger partial charge in [-0.25, -0.2) is 0 Å². The van der Waals surface area contributed by atoms with Crippen molar-refractivity contribution >= 4 is 12.3 Å². The Morgan fingerprint density at radius 2 is 1.82 bits per heavy atom. The van der Waals surface area contributed by atoms with E-state index in [1.54, 1.807) is 0 Å². The molecule has 0 aromatic heterocycles. The molecule has 0 aliphatic heterocycles. The van der Waals surface area contributed by atoms with E-state index in [0.717, 1.165) is 19.1 Å². The molecule has 0 aromatic rings. The Hall–Kier alpha value is -0.860. The number of carboxylic acid groups (broad SMARTS) is 1. The van der Waals surface area contributed by atoms with E-state index < -0.39 is 5.97 Å². The number of carboxylic acids is 1. The highest BCUT2D eigenvalue weighted by Gasteiger charge is 2.25. The van der Waals surface area contributed by atoms with Gasteiger partial charge in [-0.05, 0) is 25.7 Å². The summed E-state index contributed by atoms with van der Waals surface area (Å²) in [5.74, 6) is -0.800. The monoisotopic (exact) mass is 156 g/mol. The van der Waals surface area contributed by atoms with Crippen LogP contribution in [-0.4, -0.2) is 17.4 Å². The first-order valence-corrected chi connectivity index (χ1v) is 3.92. The number of aliphatic carboxylic acids is 1. The Morgan fingerprint density at radius 1 is 1.27 bits per heavy atom. The maximum Gasteiger partial charge on any atom is 0.306 e. The topological polar surface area (TPSA) is 54.4 Å². The van der Waals surface area contributed by atoms with E-state index in [1.807, 2.05) is 0 Å². The zero-order valence-electron chi connectivity index (χ0n) is 6.32. The van der Waals surface area contributed by atoms with Gasteiger partial charge in [0.25, 0.3) is 0 Å². The summed E-state index contributed by atoms with van der Waals surface area (Å²) in [6.45, 7) is 0. The molecule has 0 radical (unpaired) electrons. The SMILES string of the molecule is O=C[C@H]1CC[C@@H](C(=O)O)CC1. The van der Waals surface area contributed by atoms with Gasteiger partial charge in [0.15, 0.2) is 0 Å². The maximum absolute atomic E-state index is 10.5. The molecule has 0 heterocycles. The molecule has 0 amide bonds. The van der Waals surface area contributed by atoms with Gasteiger partial charge in [-0.1, -0.05) is 0 Å². The highest BCUT2D eigenvalue weighted by Crippen LogP contribution is 2.27. The van der Waals surface area contributed by atoms with Crippen LogP contribution in [-0.2, 0) is 9.59 Å². The van der Waals surface area contributed by atoms with Crippen molar-refractivity contribution in [1.82, 2.24) is 0 Å². The lowest BCUT2D eigenvalue weighted by Gasteiger charge is -2.21. The molecule has 0 aromatic carbocycles. The summed E-state index contributed by atoms with van der Waals surface area (Å²) in [5.41, 5.74) is 0. The average molecular weight is 156 g/mol. The molecule has 1 N–H and O–H groups in total. The van der Waals surface area contributed by atoms with Crippen molar-refractivity contribution in [3.63, 3.8) is 0 Å². The van der Waals surface area contributed by atoms with Crippen molar-refractivity contribution in [2.45, 2.75) is 25.7 Å². The lowest BCUT2D eigenvalue weighted by atomic mass is 9.83. The molecule has 0 spiro atoms. The molecule has 1 saturated carbocycles. The van der Waals surface area contributed by atoms with Crippen LogP contribution >= 0.6 is 0 Å². The van der Waals surface area contributed by atoms with Gasteiger partial charge < -0.3 is 9.90 Å². The first-order chi connectivity index (χ1) is 5.24. The van der Waals surface area contributed by atoms with Crippen molar-refractivity contribution in [2.24, 2.45) is 11.8 Å². The number of carbonyl (C=O) groups excluding carboxylic acids is 1. The Morgan fingerprint density at radius 3 is 2.18 bits per heavy atom. The number of rotatable bonds is 2. The molecule has 0 saturated heterocycles. The summed E-state index contributed by atoms with van der Waals surface area (Å²) in [7, 11) is 0. The van der Waals surface area contributed by atoms with Crippen LogP contribution in [0.5, 0.6) is 0 Å². The quantitative estimate of drug-likeness (QED) is 0.608. The summed E-state index contributed by atoms with van der Waals surface area (Å²) < 4.78 is 0. The van der Waals surface area contributed by atoms with Crippen LogP contribution in [0.1, 0.15) is 25.7 Å². The normalized spacial score (nSPS) is 31.3. The maximum atomic E-state index is 10.5. The minimum absolute atomic E-state index is 0.116. The van der Waals surface area contributed by atoms with Crippen LogP contribution in [0.25, 0.3) is 0 Å². The summed E-state index contributed by atoms with van der Waals surface area (Å²) in [6.07, 6.45) is 3.77. The van der Waals surface area contributed by atoms with Crippen LogP contribution in [0, 0.1) is 11.8 Å². The first kappa shape index (κ1) is 8.24. The van der Waals surface area contributed by atoms with E-state index >= 15 is 0 Å². The molecule has 0 unspecified atom stereocenters. The third-order valence-electron chi connectivity index (χ3n) is 2.31. The van der Waals surface area contributed by atoms with Crippen molar-refractivity contribution < 1.29 is 14.7 Å². The standard InChI is InChI=1S/C8H12O3/c9-5-6-1-3-7(4-2-6)8(10)11/h5-7H,1-4H2,(H,10,11)/t6-,7+. The van der Waals surface area contributed by atoms with Crippen molar-refractivity contribution in [3.8, 4) is 0 Å². The fourth-order valence-corrected chi connectivity index (χ4v) is 1.50. The predicted octanol–water partition coefficient (Wildman–Crippen LogP) is 1.08. The predicted molar refractivity (Wildman–Crippen MR) is 39.1 cm³/mol. The number of aldehydes is 1. The molecular weight excluding hydrogens is 144 g/mol. The average Bonchev–Trinajstić information content (AvgIpc) is 2.05. The van der Waals surface area contributed by atoms with E-state index in [1.165, 1.54) is 0 Å². The second-order valence-corrected chi connectivity index (χ2v) is 3.09. The minimum atomic E-state index is -0.714. The Bertz CT molecular complexity index is 157. The van der Waals surface area contributed by atoms with Crippen molar-refractivity contribution in [2.75, 3.05) is 0 Å². The zero-order chi connectivity index (χ0) is 8.27. The molecule has 3 heteroatoms. The van der Waals surface area contributed by atoms with E-state index in [-0.39, 0.29) is 11.8 Å². The molecule has 62 valence electrons. The Kier molecular flexibility index (Phi) is 2.63. The largest absolute Gasteiger partial charge is 0.481 e. The third-order valence-corrected chi connectivity index (χ3v) is 2.31. The van der Waals surface area contributed by atoms with Crippen molar-refractivity contribution in [3.05, 3.63) is 0 Å².